The van der Waals surface area contributed by atoms with Gasteiger partial charge in [-0.15, -0.1) is 0 Å². The summed E-state index contributed by atoms with van der Waals surface area (Å²) in [4.78, 5) is 0. The summed E-state index contributed by atoms with van der Waals surface area (Å²) in [6.45, 7) is 4.26. The van der Waals surface area contributed by atoms with Crippen molar-refractivity contribution in [1.29, 1.82) is 0 Å². The molecule has 0 spiro atoms. The lowest BCUT2D eigenvalue weighted by Crippen LogP contribution is -2.38. The Morgan fingerprint density at radius 2 is 1.54 bits per heavy atom. The third-order valence-corrected chi connectivity index (χ3v) is 5.43. The van der Waals surface area contributed by atoms with Crippen molar-refractivity contribution in [2.24, 2.45) is 0 Å². The third kappa shape index (κ3) is 2.19. The number of benzene rings is 3. The van der Waals surface area contributed by atoms with Gasteiger partial charge in [0.2, 0.25) is 5.85 Å². The smallest absolute Gasteiger partial charge is 0.242 e. The fourth-order valence-corrected chi connectivity index (χ4v) is 4.05. The Hall–Kier alpha value is -2.72. The maximum Gasteiger partial charge on any atom is 0.242 e. The second kappa shape index (κ2) is 5.15. The van der Waals surface area contributed by atoms with Crippen molar-refractivity contribution in [2.75, 3.05) is 10.6 Å². The lowest BCUT2D eigenvalue weighted by atomic mass is 9.90. The fraction of sp³-hybridized carbons (Fsp3) is 0.273. The van der Waals surface area contributed by atoms with Crippen LogP contribution in [0.3, 0.4) is 0 Å². The number of fused-ring (bicyclic) bond motifs is 6. The highest BCUT2D eigenvalue weighted by Crippen LogP contribution is 2.52. The van der Waals surface area contributed by atoms with Crippen molar-refractivity contribution in [3.63, 3.8) is 0 Å². The van der Waals surface area contributed by atoms with Crippen molar-refractivity contribution in [3.8, 4) is 5.75 Å². The van der Waals surface area contributed by atoms with Crippen LogP contribution in [0.2, 0.25) is 0 Å². The fourth-order valence-electron chi connectivity index (χ4n) is 4.05. The summed E-state index contributed by atoms with van der Waals surface area (Å²) in [5.41, 5.74) is 3.62. The Morgan fingerprint density at radius 3 is 2.31 bits per heavy atom. The van der Waals surface area contributed by atoms with Crippen LogP contribution in [-0.4, -0.2) is 10.7 Å². The summed E-state index contributed by atoms with van der Waals surface area (Å²) in [5, 5.41) is 20.1. The monoisotopic (exact) mass is 346 g/mol. The molecule has 3 aromatic carbocycles. The predicted octanol–water partition coefficient (Wildman–Crippen LogP) is 4.58. The first kappa shape index (κ1) is 15.5. The minimum absolute atomic E-state index is 0.189. The summed E-state index contributed by atoms with van der Waals surface area (Å²) >= 11 is 0. The van der Waals surface area contributed by atoms with E-state index in [1.54, 1.807) is 0 Å². The molecule has 2 aliphatic heterocycles. The van der Waals surface area contributed by atoms with Crippen molar-refractivity contribution in [2.45, 2.75) is 38.1 Å². The highest BCUT2D eigenvalue weighted by molar-refractivity contribution is 6.07. The molecule has 0 fully saturated rings. The maximum atomic E-state index is 11.3. The van der Waals surface area contributed by atoms with Crippen molar-refractivity contribution >= 4 is 22.1 Å². The largest absolute Gasteiger partial charge is 0.487 e. The highest BCUT2D eigenvalue weighted by Gasteiger charge is 2.41. The Morgan fingerprint density at radius 1 is 0.885 bits per heavy atom. The molecule has 5 rings (SSSR count). The van der Waals surface area contributed by atoms with Gasteiger partial charge in [0.05, 0.1) is 11.4 Å². The Bertz CT molecular complexity index is 1010. The van der Waals surface area contributed by atoms with Crippen LogP contribution in [0.5, 0.6) is 5.75 Å². The molecule has 26 heavy (non-hydrogen) atoms. The summed E-state index contributed by atoms with van der Waals surface area (Å²) < 4.78 is 6.38. The van der Waals surface area contributed by atoms with E-state index in [-0.39, 0.29) is 5.60 Å². The third-order valence-electron chi connectivity index (χ3n) is 5.43. The zero-order chi connectivity index (χ0) is 17.9. The molecule has 0 bridgehead atoms. The predicted molar refractivity (Wildman–Crippen MR) is 105 cm³/mol. The van der Waals surface area contributed by atoms with Gasteiger partial charge in [0.1, 0.15) is 11.4 Å². The molecule has 4 heteroatoms. The number of anilines is 2. The molecule has 0 aliphatic carbocycles. The molecule has 132 valence electrons. The standard InChI is InChI=1S/C22H22N2O2/c1-21(2)13-12-17-19-18(15-10-6-7-11-16(15)20(17)26-21)23-22(25,24-19)14-8-4-3-5-9-14/h3-11,23-25H,12-13H2,1-2H3. The topological polar surface area (TPSA) is 53.5 Å². The van der Waals surface area contributed by atoms with Gasteiger partial charge in [0.15, 0.2) is 0 Å². The summed E-state index contributed by atoms with van der Waals surface area (Å²) in [6.07, 6.45) is 1.85. The molecule has 0 saturated carbocycles. The number of nitrogens with one attached hydrogen (secondary N) is 2. The Labute approximate surface area is 152 Å². The van der Waals surface area contributed by atoms with Gasteiger partial charge in [-0.25, -0.2) is 0 Å². The van der Waals surface area contributed by atoms with Gasteiger partial charge in [0.25, 0.3) is 0 Å². The molecule has 4 nitrogen and oxygen atoms in total. The molecule has 3 N–H and O–H groups in total. The SMILES string of the molecule is CC1(C)CCc2c3c(c4ccccc4c2O1)NC(O)(c1ccccc1)N3. The van der Waals surface area contributed by atoms with Crippen LogP contribution >= 0.6 is 0 Å². The van der Waals surface area contributed by atoms with E-state index in [0.29, 0.717) is 0 Å². The first-order valence-corrected chi connectivity index (χ1v) is 9.08. The summed E-state index contributed by atoms with van der Waals surface area (Å²) in [5.74, 6) is -0.392. The summed E-state index contributed by atoms with van der Waals surface area (Å²) in [7, 11) is 0. The second-order valence-electron chi connectivity index (χ2n) is 7.79. The van der Waals surface area contributed by atoms with E-state index in [4.69, 9.17) is 4.74 Å². The van der Waals surface area contributed by atoms with E-state index in [9.17, 15) is 5.11 Å². The molecule has 1 atom stereocenters. The van der Waals surface area contributed by atoms with Gasteiger partial charge in [-0.1, -0.05) is 54.6 Å². The maximum absolute atomic E-state index is 11.3. The molecular weight excluding hydrogens is 324 g/mol. The van der Waals surface area contributed by atoms with Crippen LogP contribution in [0.1, 0.15) is 31.4 Å². The average Bonchev–Trinajstić information content (AvgIpc) is 3.01. The molecule has 3 aromatic rings. The Balaban J connectivity index is 1.74. The van der Waals surface area contributed by atoms with Crippen LogP contribution in [-0.2, 0) is 12.3 Å². The minimum Gasteiger partial charge on any atom is -0.487 e. The molecule has 0 radical (unpaired) electrons. The molecule has 0 aromatic heterocycles. The number of hydrogen-bond donors (Lipinski definition) is 3. The van der Waals surface area contributed by atoms with Crippen LogP contribution in [0.4, 0.5) is 11.4 Å². The van der Waals surface area contributed by atoms with Gasteiger partial charge in [-0.2, -0.15) is 0 Å². The first-order valence-electron chi connectivity index (χ1n) is 9.08. The average molecular weight is 346 g/mol. The van der Waals surface area contributed by atoms with Crippen LogP contribution < -0.4 is 15.4 Å². The normalized spacial score (nSPS) is 22.7. The molecular formula is C22H22N2O2. The number of ether oxygens (including phenoxy) is 1. The van der Waals surface area contributed by atoms with Crippen molar-refractivity contribution < 1.29 is 9.84 Å². The molecule has 0 amide bonds. The molecule has 2 aliphatic rings. The van der Waals surface area contributed by atoms with E-state index in [2.05, 4.69) is 36.6 Å². The summed E-state index contributed by atoms with van der Waals surface area (Å²) in [6, 6.07) is 17.9. The van der Waals surface area contributed by atoms with E-state index < -0.39 is 5.85 Å². The zero-order valence-corrected chi connectivity index (χ0v) is 15.0. The number of rotatable bonds is 1. The molecule has 0 saturated heterocycles. The number of hydrogen-bond acceptors (Lipinski definition) is 4. The van der Waals surface area contributed by atoms with E-state index >= 15 is 0 Å². The van der Waals surface area contributed by atoms with Gasteiger partial charge in [-0.05, 0) is 26.7 Å². The molecule has 1 unspecified atom stereocenters. The van der Waals surface area contributed by atoms with Gasteiger partial charge in [0, 0.05) is 21.9 Å². The Kier molecular flexibility index (Phi) is 3.07. The van der Waals surface area contributed by atoms with Crippen LogP contribution in [0, 0.1) is 0 Å². The quantitative estimate of drug-likeness (QED) is 0.603. The molecule has 2 heterocycles. The lowest BCUT2D eigenvalue weighted by molar-refractivity contribution is 0.0867. The second-order valence-corrected chi connectivity index (χ2v) is 7.79. The highest BCUT2D eigenvalue weighted by atomic mass is 16.5. The number of aliphatic hydroxyl groups is 1. The lowest BCUT2D eigenvalue weighted by Gasteiger charge is -2.34. The van der Waals surface area contributed by atoms with E-state index in [0.717, 1.165) is 51.9 Å². The minimum atomic E-state index is -1.32. The van der Waals surface area contributed by atoms with Gasteiger partial charge >= 0.3 is 0 Å². The zero-order valence-electron chi connectivity index (χ0n) is 15.0. The van der Waals surface area contributed by atoms with Crippen LogP contribution in [0.25, 0.3) is 10.8 Å². The van der Waals surface area contributed by atoms with Gasteiger partial charge < -0.3 is 20.5 Å². The van der Waals surface area contributed by atoms with Crippen LogP contribution in [0.15, 0.2) is 54.6 Å². The van der Waals surface area contributed by atoms with Crippen molar-refractivity contribution in [1.82, 2.24) is 0 Å². The first-order chi connectivity index (χ1) is 12.5. The van der Waals surface area contributed by atoms with E-state index in [1.807, 2.05) is 42.5 Å². The van der Waals surface area contributed by atoms with Crippen molar-refractivity contribution in [3.05, 3.63) is 65.7 Å². The van der Waals surface area contributed by atoms with Gasteiger partial charge in [-0.3, -0.25) is 0 Å². The van der Waals surface area contributed by atoms with E-state index in [1.165, 1.54) is 0 Å².